The number of carbonyl (C=O) groups excluding carboxylic acids is 2. The van der Waals surface area contributed by atoms with E-state index in [-0.39, 0.29) is 33.5 Å². The molecule has 9 heteroatoms. The Kier molecular flexibility index (Phi) is 14.4. The summed E-state index contributed by atoms with van der Waals surface area (Å²) in [6.07, 6.45) is 13.9. The van der Waals surface area contributed by atoms with Crippen LogP contribution >= 0.6 is 11.6 Å². The number of halogens is 1. The summed E-state index contributed by atoms with van der Waals surface area (Å²) in [6.45, 7) is 5.70. The van der Waals surface area contributed by atoms with Gasteiger partial charge in [-0.2, -0.15) is 0 Å². The zero-order valence-corrected chi connectivity index (χ0v) is 28.3. The van der Waals surface area contributed by atoms with Crippen molar-refractivity contribution in [2.24, 2.45) is 0 Å². The van der Waals surface area contributed by atoms with E-state index in [1.807, 2.05) is 19.1 Å². The number of nitrogens with one attached hydrogen (secondary N) is 2. The fraction of sp³-hybridized carbons (Fsp3) is 0.444. The molecule has 45 heavy (non-hydrogen) atoms. The minimum absolute atomic E-state index is 0.0332. The van der Waals surface area contributed by atoms with Gasteiger partial charge in [0.05, 0.1) is 21.3 Å². The summed E-state index contributed by atoms with van der Waals surface area (Å²) in [5.74, 6) is -1.51. The summed E-state index contributed by atoms with van der Waals surface area (Å²) in [5, 5.41) is 14.5. The molecule has 0 saturated carbocycles. The summed E-state index contributed by atoms with van der Waals surface area (Å²) < 4.78 is 26.3. The Balaban J connectivity index is 1.52. The number of aryl methyl sites for hydroxylation is 2. The number of hydrogen-bond donors (Lipinski definition) is 3. The number of benzene rings is 3. The highest BCUT2D eigenvalue weighted by Crippen LogP contribution is 2.35. The molecule has 0 aliphatic heterocycles. The molecule has 0 heterocycles. The van der Waals surface area contributed by atoms with Crippen molar-refractivity contribution in [3.8, 4) is 5.75 Å². The number of amides is 2. The third-order valence-corrected chi connectivity index (χ3v) is 10.6. The highest BCUT2D eigenvalue weighted by molar-refractivity contribution is 7.92. The van der Waals surface area contributed by atoms with E-state index in [4.69, 9.17) is 11.6 Å². The van der Waals surface area contributed by atoms with Crippen molar-refractivity contribution in [2.45, 2.75) is 108 Å². The SMILES string of the molecule is CCCCCCCCCCCCc1ccc(C(=O)Nc2cc(Cl)c(NC(=O)C(CC)S(=O)(=O)c3ccc(C)cc3)cc2O)cc1. The summed E-state index contributed by atoms with van der Waals surface area (Å²) in [7, 11) is -3.96. The first kappa shape index (κ1) is 36.1. The lowest BCUT2D eigenvalue weighted by Crippen LogP contribution is -2.34. The third-order valence-electron chi connectivity index (χ3n) is 8.01. The van der Waals surface area contributed by atoms with E-state index in [9.17, 15) is 23.1 Å². The molecule has 3 aromatic carbocycles. The smallest absolute Gasteiger partial charge is 0.255 e. The van der Waals surface area contributed by atoms with Gasteiger partial charge in [-0.1, -0.05) is 113 Å². The molecule has 0 fully saturated rings. The van der Waals surface area contributed by atoms with Crippen molar-refractivity contribution in [2.75, 3.05) is 10.6 Å². The van der Waals surface area contributed by atoms with Gasteiger partial charge in [0.15, 0.2) is 9.84 Å². The molecule has 3 N–H and O–H groups in total. The lowest BCUT2D eigenvalue weighted by molar-refractivity contribution is -0.115. The summed E-state index contributed by atoms with van der Waals surface area (Å²) >= 11 is 6.38. The zero-order chi connectivity index (χ0) is 32.8. The van der Waals surface area contributed by atoms with E-state index in [2.05, 4.69) is 17.6 Å². The first-order chi connectivity index (χ1) is 21.6. The molecule has 244 valence electrons. The second-order valence-electron chi connectivity index (χ2n) is 11.7. The number of aromatic hydroxyl groups is 1. The second-order valence-corrected chi connectivity index (χ2v) is 14.2. The standard InChI is InChI=1S/C36H47ClN2O5S/c1-4-6-7-8-9-10-11-12-13-14-15-27-18-20-28(21-19-27)35(41)39-32-24-30(37)31(25-33(32)40)38-36(42)34(5-2)45(43,44)29-22-16-26(3)17-23-29/h16-25,34,40H,4-15H2,1-3H3,(H,38,42)(H,39,41). The van der Waals surface area contributed by atoms with Crippen molar-refractivity contribution in [3.05, 3.63) is 82.4 Å². The van der Waals surface area contributed by atoms with Gasteiger partial charge in [-0.15, -0.1) is 0 Å². The minimum Gasteiger partial charge on any atom is -0.506 e. The zero-order valence-electron chi connectivity index (χ0n) is 26.7. The fourth-order valence-electron chi connectivity index (χ4n) is 5.24. The van der Waals surface area contributed by atoms with Crippen molar-refractivity contribution in [1.82, 2.24) is 0 Å². The van der Waals surface area contributed by atoms with Crippen LogP contribution in [0.2, 0.25) is 5.02 Å². The van der Waals surface area contributed by atoms with Gasteiger partial charge in [0.1, 0.15) is 11.0 Å². The van der Waals surface area contributed by atoms with Crippen LogP contribution in [-0.2, 0) is 21.1 Å². The molecule has 1 atom stereocenters. The molecule has 2 amide bonds. The van der Waals surface area contributed by atoms with Crippen LogP contribution in [0.5, 0.6) is 5.75 Å². The highest BCUT2D eigenvalue weighted by Gasteiger charge is 2.33. The van der Waals surface area contributed by atoms with E-state index in [1.54, 1.807) is 31.2 Å². The van der Waals surface area contributed by atoms with Crippen molar-refractivity contribution in [3.63, 3.8) is 0 Å². The van der Waals surface area contributed by atoms with Crippen molar-refractivity contribution < 1.29 is 23.1 Å². The molecule has 0 saturated heterocycles. The predicted octanol–water partition coefficient (Wildman–Crippen LogP) is 9.26. The van der Waals surface area contributed by atoms with Crippen LogP contribution in [0.3, 0.4) is 0 Å². The topological polar surface area (TPSA) is 113 Å². The monoisotopic (exact) mass is 654 g/mol. The maximum atomic E-state index is 13.1. The van der Waals surface area contributed by atoms with Gasteiger partial charge in [-0.3, -0.25) is 9.59 Å². The highest BCUT2D eigenvalue weighted by atomic mass is 35.5. The lowest BCUT2D eigenvalue weighted by atomic mass is 10.0. The molecule has 0 radical (unpaired) electrons. The van der Waals surface area contributed by atoms with Gasteiger partial charge >= 0.3 is 0 Å². The van der Waals surface area contributed by atoms with Gasteiger partial charge in [-0.25, -0.2) is 8.42 Å². The van der Waals surface area contributed by atoms with E-state index in [1.165, 1.54) is 87.6 Å². The van der Waals surface area contributed by atoms with E-state index < -0.39 is 26.9 Å². The number of phenolic OH excluding ortho intramolecular Hbond substituents is 1. The number of anilines is 2. The van der Waals surface area contributed by atoms with Crippen molar-refractivity contribution >= 4 is 44.6 Å². The average Bonchev–Trinajstić information content (AvgIpc) is 3.01. The maximum Gasteiger partial charge on any atom is 0.255 e. The molecule has 3 rings (SSSR count). The van der Waals surface area contributed by atoms with Gasteiger partial charge in [0, 0.05) is 11.6 Å². The Morgan fingerprint density at radius 3 is 1.93 bits per heavy atom. The predicted molar refractivity (Wildman–Crippen MR) is 184 cm³/mol. The number of hydrogen-bond acceptors (Lipinski definition) is 5. The minimum atomic E-state index is -3.96. The summed E-state index contributed by atoms with van der Waals surface area (Å²) in [4.78, 5) is 26.0. The lowest BCUT2D eigenvalue weighted by Gasteiger charge is -2.17. The van der Waals surface area contributed by atoms with Crippen LogP contribution in [0.25, 0.3) is 0 Å². The molecule has 0 spiro atoms. The maximum absolute atomic E-state index is 13.1. The Bertz CT molecular complexity index is 1510. The van der Waals surface area contributed by atoms with Crippen LogP contribution in [0.15, 0.2) is 65.6 Å². The molecule has 0 aliphatic rings. The van der Waals surface area contributed by atoms with Gasteiger partial charge < -0.3 is 15.7 Å². The average molecular weight is 655 g/mol. The van der Waals surface area contributed by atoms with Crippen LogP contribution in [0.1, 0.15) is 106 Å². The molecule has 1 unspecified atom stereocenters. The Hall–Kier alpha value is -3.36. The number of sulfone groups is 1. The number of carbonyl (C=O) groups is 2. The van der Waals surface area contributed by atoms with Crippen LogP contribution < -0.4 is 10.6 Å². The van der Waals surface area contributed by atoms with Crippen LogP contribution in [0, 0.1) is 6.92 Å². The number of rotatable bonds is 18. The molecule has 0 aromatic heterocycles. The number of unbranched alkanes of at least 4 members (excludes halogenated alkanes) is 9. The van der Waals surface area contributed by atoms with Crippen molar-refractivity contribution in [1.29, 1.82) is 0 Å². The fourth-order valence-corrected chi connectivity index (χ4v) is 7.08. The summed E-state index contributed by atoms with van der Waals surface area (Å²) in [6, 6.07) is 16.2. The van der Waals surface area contributed by atoms with Crippen LogP contribution in [-0.4, -0.2) is 30.6 Å². The molecule has 3 aromatic rings. The number of phenols is 1. The molecule has 7 nitrogen and oxygen atoms in total. The largest absolute Gasteiger partial charge is 0.506 e. The Labute approximate surface area is 273 Å². The summed E-state index contributed by atoms with van der Waals surface area (Å²) in [5.41, 5.74) is 2.61. The van der Waals surface area contributed by atoms with Gasteiger partial charge in [0.25, 0.3) is 5.91 Å². The van der Waals surface area contributed by atoms with E-state index >= 15 is 0 Å². The molecular weight excluding hydrogens is 608 g/mol. The Morgan fingerprint density at radius 1 is 0.778 bits per heavy atom. The van der Waals surface area contributed by atoms with E-state index in [0.717, 1.165) is 18.4 Å². The van der Waals surface area contributed by atoms with E-state index in [0.29, 0.717) is 5.56 Å². The quantitative estimate of drug-likeness (QED) is 0.0935. The van der Waals surface area contributed by atoms with Gasteiger partial charge in [-0.05, 0) is 62.1 Å². The molecule has 0 aliphatic carbocycles. The first-order valence-electron chi connectivity index (χ1n) is 16.1. The molecular formula is C36H47ClN2O5S. The first-order valence-corrected chi connectivity index (χ1v) is 18.0. The normalized spacial score (nSPS) is 12.1. The second kappa shape index (κ2) is 18.0. The van der Waals surface area contributed by atoms with Crippen LogP contribution in [0.4, 0.5) is 11.4 Å². The molecule has 0 bridgehead atoms. The Morgan fingerprint density at radius 2 is 1.36 bits per heavy atom. The van der Waals surface area contributed by atoms with Gasteiger partial charge in [0.2, 0.25) is 5.91 Å². The third kappa shape index (κ3) is 10.9.